The van der Waals surface area contributed by atoms with E-state index in [2.05, 4.69) is 22.1 Å². The maximum absolute atomic E-state index is 13.0. The Labute approximate surface area is 142 Å². The van der Waals surface area contributed by atoms with Crippen molar-refractivity contribution in [2.24, 2.45) is 13.0 Å². The van der Waals surface area contributed by atoms with Crippen LogP contribution in [0, 0.1) is 5.92 Å². The van der Waals surface area contributed by atoms with Crippen LogP contribution in [0.1, 0.15) is 42.3 Å². The smallest absolute Gasteiger partial charge is 0.226 e. The average Bonchev–Trinajstić information content (AvgIpc) is 3.03. The Hall–Kier alpha value is -2.30. The number of benzene rings is 1. The Morgan fingerprint density at radius 2 is 2.04 bits per heavy atom. The fourth-order valence-corrected chi connectivity index (χ4v) is 3.89. The van der Waals surface area contributed by atoms with Gasteiger partial charge in [-0.15, -0.1) is 0 Å². The molecule has 1 aromatic carbocycles. The van der Waals surface area contributed by atoms with Gasteiger partial charge in [0.2, 0.25) is 5.91 Å². The van der Waals surface area contributed by atoms with Gasteiger partial charge in [0.05, 0.1) is 19.3 Å². The minimum atomic E-state index is 0.135. The van der Waals surface area contributed by atoms with E-state index in [9.17, 15) is 4.79 Å². The van der Waals surface area contributed by atoms with Crippen molar-refractivity contribution in [3.8, 4) is 5.75 Å². The largest absolute Gasteiger partial charge is 0.497 e. The van der Waals surface area contributed by atoms with E-state index < -0.39 is 0 Å². The van der Waals surface area contributed by atoms with E-state index in [4.69, 9.17) is 4.74 Å². The number of carbonyl (C=O) groups is 1. The molecule has 1 aliphatic carbocycles. The minimum Gasteiger partial charge on any atom is -0.497 e. The van der Waals surface area contributed by atoms with Gasteiger partial charge < -0.3 is 9.64 Å². The summed E-state index contributed by atoms with van der Waals surface area (Å²) in [6.07, 6.45) is 7.00. The molecule has 1 saturated carbocycles. The van der Waals surface area contributed by atoms with Crippen LogP contribution in [-0.4, -0.2) is 34.2 Å². The third-order valence-electron chi connectivity index (χ3n) is 5.30. The molecule has 0 spiro atoms. The van der Waals surface area contributed by atoms with Gasteiger partial charge in [-0.2, -0.15) is 5.10 Å². The highest BCUT2D eigenvalue weighted by atomic mass is 16.5. The minimum absolute atomic E-state index is 0.135. The van der Waals surface area contributed by atoms with E-state index in [0.29, 0.717) is 11.8 Å². The number of methoxy groups -OCH3 is 1. The Balaban J connectivity index is 1.46. The maximum atomic E-state index is 13.0. The Bertz CT molecular complexity index is 737. The average molecular weight is 325 g/mol. The van der Waals surface area contributed by atoms with Gasteiger partial charge in [0, 0.05) is 31.3 Å². The van der Waals surface area contributed by atoms with Gasteiger partial charge >= 0.3 is 0 Å². The predicted octanol–water partition coefficient (Wildman–Crippen LogP) is 2.90. The number of likely N-dealkylation sites (tertiary alicyclic amines) is 1. The van der Waals surface area contributed by atoms with Crippen molar-refractivity contribution in [3.05, 3.63) is 47.8 Å². The molecule has 24 heavy (non-hydrogen) atoms. The van der Waals surface area contributed by atoms with Crippen LogP contribution in [0.25, 0.3) is 0 Å². The highest BCUT2D eigenvalue weighted by molar-refractivity contribution is 5.83. The second kappa shape index (κ2) is 5.96. The summed E-state index contributed by atoms with van der Waals surface area (Å²) in [5.41, 5.74) is 2.40. The first kappa shape index (κ1) is 15.2. The Morgan fingerprint density at radius 3 is 2.71 bits per heavy atom. The molecule has 126 valence electrons. The third kappa shape index (κ3) is 2.68. The van der Waals surface area contributed by atoms with Crippen LogP contribution in [0.15, 0.2) is 36.7 Å². The number of carbonyl (C=O) groups excluding carboxylic acids is 1. The molecule has 2 aromatic rings. The SMILES string of the molecule is COc1ccc([C@@H]2C[C@H]2C(=O)N2CCC[C@H]2c2cnn(C)c2)cc1. The van der Waals surface area contributed by atoms with Crippen LogP contribution in [0.3, 0.4) is 0 Å². The zero-order chi connectivity index (χ0) is 16.7. The second-order valence-electron chi connectivity index (χ2n) is 6.86. The number of ether oxygens (including phenoxy) is 1. The molecule has 2 heterocycles. The molecule has 2 aliphatic rings. The first-order chi connectivity index (χ1) is 11.7. The van der Waals surface area contributed by atoms with Crippen LogP contribution in [0.5, 0.6) is 5.75 Å². The summed E-state index contributed by atoms with van der Waals surface area (Å²) in [5, 5.41) is 4.26. The monoisotopic (exact) mass is 325 g/mol. The quantitative estimate of drug-likeness (QED) is 0.868. The van der Waals surface area contributed by atoms with Crippen molar-refractivity contribution in [1.82, 2.24) is 14.7 Å². The van der Waals surface area contributed by atoms with Gasteiger partial charge in [-0.25, -0.2) is 0 Å². The summed E-state index contributed by atoms with van der Waals surface area (Å²) < 4.78 is 7.02. The van der Waals surface area contributed by atoms with Crippen molar-refractivity contribution in [2.45, 2.75) is 31.2 Å². The highest BCUT2D eigenvalue weighted by Gasteiger charge is 2.47. The molecule has 0 N–H and O–H groups in total. The molecule has 5 heteroatoms. The number of hydrogen-bond donors (Lipinski definition) is 0. The van der Waals surface area contributed by atoms with E-state index in [-0.39, 0.29) is 12.0 Å². The number of amides is 1. The lowest BCUT2D eigenvalue weighted by Crippen LogP contribution is -2.32. The van der Waals surface area contributed by atoms with Crippen LogP contribution < -0.4 is 4.74 Å². The fraction of sp³-hybridized carbons (Fsp3) is 0.474. The van der Waals surface area contributed by atoms with Gasteiger partial charge in [-0.1, -0.05) is 12.1 Å². The van der Waals surface area contributed by atoms with E-state index in [0.717, 1.165) is 37.1 Å². The van der Waals surface area contributed by atoms with Crippen LogP contribution >= 0.6 is 0 Å². The van der Waals surface area contributed by atoms with Gasteiger partial charge in [0.1, 0.15) is 5.75 Å². The number of hydrogen-bond acceptors (Lipinski definition) is 3. The molecule has 0 unspecified atom stereocenters. The van der Waals surface area contributed by atoms with Gasteiger partial charge in [0.25, 0.3) is 0 Å². The molecule has 1 aliphatic heterocycles. The van der Waals surface area contributed by atoms with E-state index >= 15 is 0 Å². The van der Waals surface area contributed by atoms with E-state index in [1.165, 1.54) is 5.56 Å². The Morgan fingerprint density at radius 1 is 1.25 bits per heavy atom. The van der Waals surface area contributed by atoms with Gasteiger partial charge in [-0.3, -0.25) is 9.48 Å². The van der Waals surface area contributed by atoms with Crippen molar-refractivity contribution in [3.63, 3.8) is 0 Å². The third-order valence-corrected chi connectivity index (χ3v) is 5.30. The van der Waals surface area contributed by atoms with Gasteiger partial charge in [0.15, 0.2) is 0 Å². The van der Waals surface area contributed by atoms with Crippen LogP contribution in [-0.2, 0) is 11.8 Å². The van der Waals surface area contributed by atoms with Crippen molar-refractivity contribution in [2.75, 3.05) is 13.7 Å². The normalized spacial score (nSPS) is 25.8. The van der Waals surface area contributed by atoms with Crippen molar-refractivity contribution in [1.29, 1.82) is 0 Å². The van der Waals surface area contributed by atoms with Gasteiger partial charge in [-0.05, 0) is 42.9 Å². The summed E-state index contributed by atoms with van der Waals surface area (Å²) in [5.74, 6) is 1.66. The molecule has 1 amide bonds. The van der Waals surface area contributed by atoms with E-state index in [1.807, 2.05) is 36.3 Å². The van der Waals surface area contributed by atoms with E-state index in [1.54, 1.807) is 7.11 Å². The van der Waals surface area contributed by atoms with Crippen LogP contribution in [0.4, 0.5) is 0 Å². The zero-order valence-corrected chi connectivity index (χ0v) is 14.2. The topological polar surface area (TPSA) is 47.4 Å². The Kier molecular flexibility index (Phi) is 3.79. The van der Waals surface area contributed by atoms with Crippen molar-refractivity contribution < 1.29 is 9.53 Å². The molecule has 4 rings (SSSR count). The first-order valence-corrected chi connectivity index (χ1v) is 8.60. The standard InChI is InChI=1S/C19H23N3O2/c1-21-12-14(11-20-21)18-4-3-9-22(18)19(23)17-10-16(17)13-5-7-15(24-2)8-6-13/h5-8,11-12,16-18H,3-4,9-10H2,1-2H3/t16-,17+,18-/m0/s1. The lowest BCUT2D eigenvalue weighted by molar-refractivity contribution is -0.133. The predicted molar refractivity (Wildman–Crippen MR) is 90.7 cm³/mol. The molecule has 3 atom stereocenters. The zero-order valence-electron chi connectivity index (χ0n) is 14.2. The molecule has 0 radical (unpaired) electrons. The second-order valence-corrected chi connectivity index (χ2v) is 6.86. The molecule has 0 bridgehead atoms. The molecule has 2 fully saturated rings. The number of nitrogens with zero attached hydrogens (tertiary/aromatic N) is 3. The molecule has 1 aromatic heterocycles. The highest BCUT2D eigenvalue weighted by Crippen LogP contribution is 2.50. The first-order valence-electron chi connectivity index (χ1n) is 8.60. The lowest BCUT2D eigenvalue weighted by atomic mass is 10.1. The maximum Gasteiger partial charge on any atom is 0.226 e. The van der Waals surface area contributed by atoms with Crippen LogP contribution in [0.2, 0.25) is 0 Å². The van der Waals surface area contributed by atoms with Crippen molar-refractivity contribution >= 4 is 5.91 Å². The molecule has 1 saturated heterocycles. The summed E-state index contributed by atoms with van der Waals surface area (Å²) >= 11 is 0. The molecular weight excluding hydrogens is 302 g/mol. The summed E-state index contributed by atoms with van der Waals surface area (Å²) in [6, 6.07) is 8.31. The number of rotatable bonds is 4. The summed E-state index contributed by atoms with van der Waals surface area (Å²) in [6.45, 7) is 0.865. The molecule has 5 nitrogen and oxygen atoms in total. The molecular formula is C19H23N3O2. The summed E-state index contributed by atoms with van der Waals surface area (Å²) in [4.78, 5) is 15.1. The lowest BCUT2D eigenvalue weighted by Gasteiger charge is -2.24. The summed E-state index contributed by atoms with van der Waals surface area (Å²) in [7, 11) is 3.59. The fourth-order valence-electron chi connectivity index (χ4n) is 3.89. The number of aryl methyl sites for hydroxylation is 1. The number of aromatic nitrogens is 2.